The average molecular weight is 599 g/mol. The molecule has 0 amide bonds. The minimum atomic E-state index is -1.01. The molecule has 7 rings (SSSR count). The third kappa shape index (κ3) is 4.36. The summed E-state index contributed by atoms with van der Waals surface area (Å²) in [6, 6.07) is 29.5. The Balaban J connectivity index is 1.39. The van der Waals surface area contributed by atoms with Gasteiger partial charge >= 0.3 is 5.97 Å². The van der Waals surface area contributed by atoms with E-state index >= 15 is 0 Å². The van der Waals surface area contributed by atoms with Crippen molar-refractivity contribution in [3.05, 3.63) is 107 Å². The monoisotopic (exact) mass is 598 g/mol. The predicted molar refractivity (Wildman–Crippen MR) is 179 cm³/mol. The number of carbonyl (C=O) groups is 2. The Morgan fingerprint density at radius 1 is 0.689 bits per heavy atom. The molecule has 0 radical (unpaired) electrons. The first-order valence-corrected chi connectivity index (χ1v) is 16.5. The Kier molecular flexibility index (Phi) is 7.13. The van der Waals surface area contributed by atoms with Crippen LogP contribution in [-0.4, -0.2) is 29.6 Å². The number of carbonyl (C=O) groups excluding carboxylic acids is 2. The van der Waals surface area contributed by atoms with Crippen LogP contribution in [0.15, 0.2) is 84.9 Å². The molecule has 1 atom stereocenters. The summed E-state index contributed by atoms with van der Waals surface area (Å²) in [4.78, 5) is 24.7. The van der Waals surface area contributed by atoms with Crippen molar-refractivity contribution in [1.29, 1.82) is 0 Å². The van der Waals surface area contributed by atoms with Crippen LogP contribution in [0.25, 0.3) is 33.4 Å². The molecule has 2 bridgehead atoms. The third-order valence-electron chi connectivity index (χ3n) is 11.5. The van der Waals surface area contributed by atoms with Gasteiger partial charge in [0.15, 0.2) is 5.78 Å². The van der Waals surface area contributed by atoms with Gasteiger partial charge in [0.1, 0.15) is 6.10 Å². The van der Waals surface area contributed by atoms with E-state index in [-0.39, 0.29) is 28.0 Å². The minimum Gasteiger partial charge on any atom is -0.462 e. The zero-order valence-electron chi connectivity index (χ0n) is 26.8. The van der Waals surface area contributed by atoms with Crippen LogP contribution >= 0.6 is 0 Å². The van der Waals surface area contributed by atoms with E-state index in [0.29, 0.717) is 17.7 Å². The zero-order chi connectivity index (χ0) is 31.6. The number of ketones is 1. The van der Waals surface area contributed by atoms with Crippen LogP contribution in [0.3, 0.4) is 0 Å². The van der Waals surface area contributed by atoms with Crippen molar-refractivity contribution in [2.45, 2.75) is 77.7 Å². The zero-order valence-corrected chi connectivity index (χ0v) is 26.8. The molecule has 3 aliphatic rings. The Hall–Kier alpha value is -4.02. The fourth-order valence-electron chi connectivity index (χ4n) is 9.53. The molecule has 2 saturated carbocycles. The van der Waals surface area contributed by atoms with E-state index in [0.717, 1.165) is 16.7 Å². The van der Waals surface area contributed by atoms with E-state index < -0.39 is 6.10 Å². The molecule has 1 unspecified atom stereocenters. The highest BCUT2D eigenvalue weighted by Gasteiger charge is 2.66. The van der Waals surface area contributed by atoms with Crippen molar-refractivity contribution < 1.29 is 19.4 Å². The van der Waals surface area contributed by atoms with Crippen molar-refractivity contribution in [2.24, 2.45) is 10.8 Å². The molecule has 45 heavy (non-hydrogen) atoms. The fraction of sp³-hybridized carbons (Fsp3) is 0.366. The summed E-state index contributed by atoms with van der Waals surface area (Å²) in [6.07, 6.45) is 6.34. The molecule has 4 heteroatoms. The molecule has 4 aromatic carbocycles. The normalized spacial score (nSPS) is 25.4. The van der Waals surface area contributed by atoms with E-state index in [1.54, 1.807) is 0 Å². The lowest BCUT2D eigenvalue weighted by molar-refractivity contribution is -0.0628. The molecule has 3 aliphatic carbocycles. The van der Waals surface area contributed by atoms with E-state index in [2.05, 4.69) is 50.2 Å². The lowest BCUT2D eigenvalue weighted by Gasteiger charge is -2.65. The molecule has 0 aromatic heterocycles. The molecule has 1 spiro atoms. The molecule has 0 saturated heterocycles. The summed E-state index contributed by atoms with van der Waals surface area (Å²) in [6.45, 7) is 8.80. The topological polar surface area (TPSA) is 63.6 Å². The van der Waals surface area contributed by atoms with Crippen LogP contribution in [-0.2, 0) is 10.2 Å². The van der Waals surface area contributed by atoms with Gasteiger partial charge in [-0.1, -0.05) is 87.4 Å². The highest BCUT2D eigenvalue weighted by molar-refractivity contribution is 5.99. The Bertz CT molecular complexity index is 1770. The maximum atomic E-state index is 12.4. The van der Waals surface area contributed by atoms with Gasteiger partial charge in [-0.25, -0.2) is 4.79 Å². The summed E-state index contributed by atoms with van der Waals surface area (Å²) in [5, 5.41) is 9.80. The summed E-state index contributed by atoms with van der Waals surface area (Å²) in [7, 11) is 0. The average Bonchev–Trinajstić information content (AvgIpc) is 3.33. The molecule has 1 N–H and O–H groups in total. The third-order valence-corrected chi connectivity index (χ3v) is 11.5. The van der Waals surface area contributed by atoms with Gasteiger partial charge in [-0.15, -0.1) is 0 Å². The molecule has 4 aromatic rings. The van der Waals surface area contributed by atoms with Gasteiger partial charge in [-0.2, -0.15) is 0 Å². The first-order chi connectivity index (χ1) is 21.6. The van der Waals surface area contributed by atoms with Crippen LogP contribution in [0.1, 0.15) is 98.1 Å². The van der Waals surface area contributed by atoms with Gasteiger partial charge in [0.25, 0.3) is 0 Å². The lowest BCUT2D eigenvalue weighted by atomic mass is 9.38. The Labute approximate surface area is 266 Å². The van der Waals surface area contributed by atoms with Crippen LogP contribution in [0.4, 0.5) is 0 Å². The molecular formula is C41H42O4. The van der Waals surface area contributed by atoms with E-state index in [1.165, 1.54) is 73.3 Å². The maximum absolute atomic E-state index is 12.4. The fourth-order valence-corrected chi connectivity index (χ4v) is 9.53. The second kappa shape index (κ2) is 10.8. The summed E-state index contributed by atoms with van der Waals surface area (Å²) < 4.78 is 5.21. The van der Waals surface area contributed by atoms with Gasteiger partial charge in [-0.05, 0) is 119 Å². The lowest BCUT2D eigenvalue weighted by Crippen LogP contribution is -2.59. The van der Waals surface area contributed by atoms with Gasteiger partial charge in [0.05, 0.1) is 12.2 Å². The summed E-state index contributed by atoms with van der Waals surface area (Å²) in [5.41, 5.74) is 11.3. The van der Waals surface area contributed by atoms with Crippen molar-refractivity contribution in [2.75, 3.05) is 6.61 Å². The van der Waals surface area contributed by atoms with Crippen molar-refractivity contribution in [3.63, 3.8) is 0 Å². The largest absolute Gasteiger partial charge is 0.462 e. The predicted octanol–water partition coefficient (Wildman–Crippen LogP) is 9.41. The summed E-state index contributed by atoms with van der Waals surface area (Å²) in [5.74, 6) is -0.546. The van der Waals surface area contributed by atoms with Gasteiger partial charge in [0, 0.05) is 11.0 Å². The van der Waals surface area contributed by atoms with E-state index in [1.807, 2.05) is 55.5 Å². The highest BCUT2D eigenvalue weighted by atomic mass is 16.5. The number of rotatable bonds is 6. The molecule has 0 aliphatic heterocycles. The molecule has 2 fully saturated rings. The number of Topliss-reactive ketones (excluding diaryl/α,β-unsaturated/α-hetero) is 1. The molecule has 230 valence electrons. The standard InChI is InChI=1S/C41H42O4/c1-5-45-38(44)30-14-10-28(11-15-30)32-17-19-34-33-18-16-31(27-8-12-29(13-9-27)37(43)26(2)42)24-35(33)41(36(34)25-32)39(3)20-6-22-40(41,4)23-7-21-39/h8-19,24-26,42H,5-7,20-23H2,1-4H3. The molecule has 0 heterocycles. The molecule has 4 nitrogen and oxygen atoms in total. The van der Waals surface area contributed by atoms with Gasteiger partial charge in [-0.3, -0.25) is 4.79 Å². The van der Waals surface area contributed by atoms with Crippen molar-refractivity contribution in [3.8, 4) is 33.4 Å². The summed E-state index contributed by atoms with van der Waals surface area (Å²) >= 11 is 0. The van der Waals surface area contributed by atoms with E-state index in [4.69, 9.17) is 4.74 Å². The van der Waals surface area contributed by atoms with Crippen LogP contribution in [0.5, 0.6) is 0 Å². The number of fused-ring (bicyclic) bond motifs is 3. The Morgan fingerprint density at radius 2 is 1.11 bits per heavy atom. The minimum absolute atomic E-state index is 0.122. The first-order valence-electron chi connectivity index (χ1n) is 16.5. The second-order valence-corrected chi connectivity index (χ2v) is 14.0. The smallest absolute Gasteiger partial charge is 0.338 e. The first kappa shape index (κ1) is 29.7. The SMILES string of the molecule is CCOC(=O)c1ccc(-c2ccc3c(c2)C2(c4cc(-c5ccc(C(=O)C(C)O)cc5)ccc4-3)C3(C)CCCC2(C)CCC3)cc1. The number of esters is 1. The van der Waals surface area contributed by atoms with Crippen LogP contribution < -0.4 is 0 Å². The number of hydrogen-bond acceptors (Lipinski definition) is 4. The second-order valence-electron chi connectivity index (χ2n) is 14.0. The molecular weight excluding hydrogens is 556 g/mol. The van der Waals surface area contributed by atoms with Crippen molar-refractivity contribution in [1.82, 2.24) is 0 Å². The van der Waals surface area contributed by atoms with Gasteiger partial charge < -0.3 is 9.84 Å². The van der Waals surface area contributed by atoms with Gasteiger partial charge in [0.2, 0.25) is 0 Å². The van der Waals surface area contributed by atoms with Crippen molar-refractivity contribution >= 4 is 11.8 Å². The Morgan fingerprint density at radius 3 is 1.53 bits per heavy atom. The quantitative estimate of drug-likeness (QED) is 0.177. The van der Waals surface area contributed by atoms with Crippen LogP contribution in [0, 0.1) is 10.8 Å². The maximum Gasteiger partial charge on any atom is 0.338 e. The van der Waals surface area contributed by atoms with E-state index in [9.17, 15) is 14.7 Å². The van der Waals surface area contributed by atoms with Crippen LogP contribution in [0.2, 0.25) is 0 Å². The highest BCUT2D eigenvalue weighted by Crippen LogP contribution is 2.74. The number of hydrogen-bond donors (Lipinski definition) is 1. The number of aliphatic hydroxyl groups excluding tert-OH is 1. The number of ether oxygens (including phenoxy) is 1. The number of aliphatic hydroxyl groups is 1. The number of benzene rings is 4.